The molecule has 0 bridgehead atoms. The molecule has 0 spiro atoms. The van der Waals surface area contributed by atoms with Crippen molar-refractivity contribution in [3.05, 3.63) is 107 Å². The van der Waals surface area contributed by atoms with Crippen molar-refractivity contribution in [2.24, 2.45) is 0 Å². The van der Waals surface area contributed by atoms with Gasteiger partial charge in [0.05, 0.1) is 29.4 Å². The number of aromatic nitrogens is 4. The van der Waals surface area contributed by atoms with Gasteiger partial charge in [-0.25, -0.2) is 9.67 Å². The lowest BCUT2D eigenvalue weighted by Crippen LogP contribution is -2.23. The molecule has 0 amide bonds. The first-order valence-electron chi connectivity index (χ1n) is 9.52. The van der Waals surface area contributed by atoms with Crippen LogP contribution >= 0.6 is 11.8 Å². The SMILES string of the molecule is O=c1c2ccccc2nc(SCc2ccc(-n3cccn3)cc2)n1Cc1ccco1. The molecule has 0 radical (unpaired) electrons. The molecule has 5 aromatic rings. The standard InChI is InChI=1S/C23H18N4O2S/c28-22-20-6-1-2-7-21(20)25-23(26(22)15-19-5-3-14-29-19)30-16-17-8-10-18(11-9-17)27-13-4-12-24-27/h1-14H,15-16H2. The van der Waals surface area contributed by atoms with Gasteiger partial charge in [-0.1, -0.05) is 36.0 Å². The molecule has 7 heteroatoms. The lowest BCUT2D eigenvalue weighted by atomic mass is 10.2. The van der Waals surface area contributed by atoms with Crippen molar-refractivity contribution in [1.82, 2.24) is 19.3 Å². The van der Waals surface area contributed by atoms with E-state index in [1.165, 1.54) is 0 Å². The van der Waals surface area contributed by atoms with Gasteiger partial charge in [0, 0.05) is 18.1 Å². The van der Waals surface area contributed by atoms with E-state index in [9.17, 15) is 4.79 Å². The van der Waals surface area contributed by atoms with Crippen LogP contribution in [-0.2, 0) is 12.3 Å². The predicted octanol–water partition coefficient (Wildman–Crippen LogP) is 4.52. The Labute approximate surface area is 176 Å². The fourth-order valence-corrected chi connectivity index (χ4v) is 4.22. The van der Waals surface area contributed by atoms with Crippen LogP contribution in [0.15, 0.2) is 99.8 Å². The van der Waals surface area contributed by atoms with E-state index in [4.69, 9.17) is 9.40 Å². The Hall–Kier alpha value is -3.58. The summed E-state index contributed by atoms with van der Waals surface area (Å²) in [7, 11) is 0. The van der Waals surface area contributed by atoms with E-state index in [2.05, 4.69) is 17.2 Å². The van der Waals surface area contributed by atoms with Gasteiger partial charge in [0.1, 0.15) is 5.76 Å². The van der Waals surface area contributed by atoms with Crippen LogP contribution in [0.2, 0.25) is 0 Å². The van der Waals surface area contributed by atoms with Gasteiger partial charge < -0.3 is 4.42 Å². The number of fused-ring (bicyclic) bond motifs is 1. The number of furan rings is 1. The van der Waals surface area contributed by atoms with Gasteiger partial charge in [0.2, 0.25) is 0 Å². The zero-order valence-electron chi connectivity index (χ0n) is 16.0. The first-order chi connectivity index (χ1) is 14.8. The highest BCUT2D eigenvalue weighted by Gasteiger charge is 2.13. The lowest BCUT2D eigenvalue weighted by molar-refractivity contribution is 0.476. The normalized spacial score (nSPS) is 11.2. The Balaban J connectivity index is 1.45. The molecule has 0 aliphatic heterocycles. The number of hydrogen-bond donors (Lipinski definition) is 0. The van der Waals surface area contributed by atoms with Gasteiger partial charge in [-0.15, -0.1) is 0 Å². The number of rotatable bonds is 6. The summed E-state index contributed by atoms with van der Waals surface area (Å²) in [4.78, 5) is 17.9. The molecule has 0 unspecified atom stereocenters. The number of para-hydroxylation sites is 1. The average molecular weight is 414 g/mol. The second kappa shape index (κ2) is 8.04. The molecule has 0 fully saturated rings. The maximum Gasteiger partial charge on any atom is 0.262 e. The molecule has 0 aliphatic rings. The summed E-state index contributed by atoms with van der Waals surface area (Å²) >= 11 is 1.54. The zero-order valence-corrected chi connectivity index (χ0v) is 16.8. The summed E-state index contributed by atoms with van der Waals surface area (Å²) in [5.74, 6) is 1.42. The summed E-state index contributed by atoms with van der Waals surface area (Å²) in [6.45, 7) is 0.351. The van der Waals surface area contributed by atoms with Gasteiger partial charge in [-0.05, 0) is 48.0 Å². The van der Waals surface area contributed by atoms with Crippen LogP contribution in [0.5, 0.6) is 0 Å². The third-order valence-electron chi connectivity index (χ3n) is 4.79. The fourth-order valence-electron chi connectivity index (χ4n) is 3.27. The van der Waals surface area contributed by atoms with E-state index in [1.54, 1.807) is 28.8 Å². The number of benzene rings is 2. The molecule has 5 rings (SSSR count). The third kappa shape index (κ3) is 3.67. The predicted molar refractivity (Wildman–Crippen MR) is 117 cm³/mol. The Kier molecular flexibility index (Phi) is 4.94. The third-order valence-corrected chi connectivity index (χ3v) is 5.84. The molecule has 6 nitrogen and oxygen atoms in total. The molecule has 0 atom stereocenters. The largest absolute Gasteiger partial charge is 0.467 e. The second-order valence-corrected chi connectivity index (χ2v) is 7.73. The molecular weight excluding hydrogens is 396 g/mol. The lowest BCUT2D eigenvalue weighted by Gasteiger charge is -2.12. The quantitative estimate of drug-likeness (QED) is 0.302. The summed E-state index contributed by atoms with van der Waals surface area (Å²) in [5.41, 5.74) is 2.79. The summed E-state index contributed by atoms with van der Waals surface area (Å²) in [6.07, 6.45) is 5.28. The average Bonchev–Trinajstić information content (AvgIpc) is 3.49. The molecule has 3 aromatic heterocycles. The molecule has 3 heterocycles. The Morgan fingerprint density at radius 2 is 1.83 bits per heavy atom. The number of thioether (sulfide) groups is 1. The van der Waals surface area contributed by atoms with Gasteiger partial charge >= 0.3 is 0 Å². The van der Waals surface area contributed by atoms with Crippen LogP contribution in [0.4, 0.5) is 0 Å². The van der Waals surface area contributed by atoms with E-state index >= 15 is 0 Å². The molecule has 0 saturated carbocycles. The van der Waals surface area contributed by atoms with Gasteiger partial charge in [0.25, 0.3) is 5.56 Å². The highest BCUT2D eigenvalue weighted by atomic mass is 32.2. The summed E-state index contributed by atoms with van der Waals surface area (Å²) in [5, 5.41) is 5.53. The van der Waals surface area contributed by atoms with Crippen molar-refractivity contribution in [3.63, 3.8) is 0 Å². The smallest absolute Gasteiger partial charge is 0.262 e. The maximum atomic E-state index is 13.1. The van der Waals surface area contributed by atoms with E-state index < -0.39 is 0 Å². The van der Waals surface area contributed by atoms with Gasteiger partial charge in [-0.3, -0.25) is 9.36 Å². The molecule has 148 valence electrons. The van der Waals surface area contributed by atoms with Crippen molar-refractivity contribution in [1.29, 1.82) is 0 Å². The van der Waals surface area contributed by atoms with Crippen LogP contribution in [0, 0.1) is 0 Å². The molecule has 30 heavy (non-hydrogen) atoms. The fraction of sp³-hybridized carbons (Fsp3) is 0.0870. The van der Waals surface area contributed by atoms with Crippen LogP contribution in [0.3, 0.4) is 0 Å². The van der Waals surface area contributed by atoms with Gasteiger partial charge in [-0.2, -0.15) is 5.10 Å². The molecule has 0 aliphatic carbocycles. The van der Waals surface area contributed by atoms with Crippen molar-refractivity contribution < 1.29 is 4.42 Å². The monoisotopic (exact) mass is 414 g/mol. The number of nitrogens with zero attached hydrogens (tertiary/aromatic N) is 4. The summed E-state index contributed by atoms with van der Waals surface area (Å²) in [6, 6.07) is 21.2. The van der Waals surface area contributed by atoms with Crippen molar-refractivity contribution in [2.45, 2.75) is 17.5 Å². The first-order valence-corrected chi connectivity index (χ1v) is 10.5. The summed E-state index contributed by atoms with van der Waals surface area (Å²) < 4.78 is 8.97. The van der Waals surface area contributed by atoms with Crippen molar-refractivity contribution in [3.8, 4) is 5.69 Å². The first kappa shape index (κ1) is 18.4. The molecular formula is C23H18N4O2S. The molecule has 2 aromatic carbocycles. The van der Waals surface area contributed by atoms with E-state index in [0.29, 0.717) is 28.4 Å². The molecule has 0 saturated heterocycles. The van der Waals surface area contributed by atoms with E-state index in [1.807, 2.05) is 65.5 Å². The van der Waals surface area contributed by atoms with Crippen LogP contribution in [0.25, 0.3) is 16.6 Å². The highest BCUT2D eigenvalue weighted by Crippen LogP contribution is 2.23. The number of hydrogen-bond acceptors (Lipinski definition) is 5. The Morgan fingerprint density at radius 1 is 0.967 bits per heavy atom. The van der Waals surface area contributed by atoms with Crippen LogP contribution < -0.4 is 5.56 Å². The maximum absolute atomic E-state index is 13.1. The van der Waals surface area contributed by atoms with E-state index in [-0.39, 0.29) is 5.56 Å². The minimum atomic E-state index is -0.0615. The Bertz CT molecular complexity index is 1320. The highest BCUT2D eigenvalue weighted by molar-refractivity contribution is 7.98. The second-order valence-electron chi connectivity index (χ2n) is 6.79. The van der Waals surface area contributed by atoms with Crippen molar-refractivity contribution >= 4 is 22.7 Å². The van der Waals surface area contributed by atoms with Gasteiger partial charge in [0.15, 0.2) is 5.16 Å². The van der Waals surface area contributed by atoms with Crippen LogP contribution in [0.1, 0.15) is 11.3 Å². The minimum Gasteiger partial charge on any atom is -0.467 e. The Morgan fingerprint density at radius 3 is 2.60 bits per heavy atom. The molecule has 0 N–H and O–H groups in total. The van der Waals surface area contributed by atoms with Crippen LogP contribution in [-0.4, -0.2) is 19.3 Å². The topological polar surface area (TPSA) is 65.8 Å². The van der Waals surface area contributed by atoms with E-state index in [0.717, 1.165) is 17.0 Å². The minimum absolute atomic E-state index is 0.0615. The van der Waals surface area contributed by atoms with Crippen molar-refractivity contribution in [2.75, 3.05) is 0 Å². The zero-order chi connectivity index (χ0) is 20.3.